The maximum absolute atomic E-state index is 12.1. The summed E-state index contributed by atoms with van der Waals surface area (Å²) in [4.78, 5) is 32.4. The number of nitrogens with one attached hydrogen (secondary N) is 1. The van der Waals surface area contributed by atoms with Gasteiger partial charge in [-0.1, -0.05) is 24.3 Å². The predicted octanol–water partition coefficient (Wildman–Crippen LogP) is 2.84. The fourth-order valence-corrected chi connectivity index (χ4v) is 8.16. The third-order valence-corrected chi connectivity index (χ3v) is 10.1. The average Bonchev–Trinajstić information content (AvgIpc) is 3.88. The van der Waals surface area contributed by atoms with Gasteiger partial charge in [-0.05, 0) is 81.7 Å². The van der Waals surface area contributed by atoms with Gasteiger partial charge < -0.3 is 25.6 Å². The molecule has 1 heterocycles. The molecule has 2 bridgehead atoms. The molecule has 1 aliphatic heterocycles. The van der Waals surface area contributed by atoms with E-state index >= 15 is 0 Å². The third kappa shape index (κ3) is 4.37. The van der Waals surface area contributed by atoms with Gasteiger partial charge in [-0.2, -0.15) is 0 Å². The highest BCUT2D eigenvalue weighted by molar-refractivity contribution is 5.90. The SMILES string of the molecule is CNC1CCC2(O)C3N(CC4CC4)C34CC2(C1)c1c4ccc(C)c1OC.COC(=O)c1ccc(C=O)cc1.NC=O. The number of carbonyl (C=O) groups is 3. The minimum atomic E-state index is -0.594. The number of hydrogen-bond acceptors (Lipinski definition) is 8. The predicted molar refractivity (Wildman–Crippen MR) is 154 cm³/mol. The summed E-state index contributed by atoms with van der Waals surface area (Å²) in [5.41, 5.74) is 8.51. The smallest absolute Gasteiger partial charge is 0.337 e. The zero-order chi connectivity index (χ0) is 29.6. The molecule has 6 unspecified atom stereocenters. The second-order valence-electron chi connectivity index (χ2n) is 12.0. The number of piperidine rings is 1. The molecule has 1 saturated heterocycles. The highest BCUT2D eigenvalue weighted by Gasteiger charge is 2.88. The van der Waals surface area contributed by atoms with Crippen LogP contribution in [0, 0.1) is 12.8 Å². The summed E-state index contributed by atoms with van der Waals surface area (Å²) in [6, 6.07) is 11.6. The first-order valence-corrected chi connectivity index (χ1v) is 14.3. The highest BCUT2D eigenvalue weighted by Crippen LogP contribution is 2.80. The summed E-state index contributed by atoms with van der Waals surface area (Å²) >= 11 is 0. The Bertz CT molecular complexity index is 1330. The van der Waals surface area contributed by atoms with Crippen LogP contribution in [0.25, 0.3) is 0 Å². The van der Waals surface area contributed by atoms with Crippen LogP contribution in [0.5, 0.6) is 5.75 Å². The average molecular weight is 564 g/mol. The van der Waals surface area contributed by atoms with Gasteiger partial charge in [-0.3, -0.25) is 14.5 Å². The molecule has 4 fully saturated rings. The first kappa shape index (κ1) is 29.2. The molecule has 0 radical (unpaired) electrons. The molecule has 5 aliphatic rings. The van der Waals surface area contributed by atoms with E-state index in [1.807, 2.05) is 0 Å². The number of aryl methyl sites for hydroxylation is 1. The van der Waals surface area contributed by atoms with Gasteiger partial charge in [0, 0.05) is 29.1 Å². The van der Waals surface area contributed by atoms with Crippen molar-refractivity contribution >= 4 is 18.7 Å². The van der Waals surface area contributed by atoms with E-state index in [0.29, 0.717) is 23.2 Å². The summed E-state index contributed by atoms with van der Waals surface area (Å²) in [6.07, 6.45) is 7.80. The van der Waals surface area contributed by atoms with Crippen LogP contribution in [0.2, 0.25) is 0 Å². The van der Waals surface area contributed by atoms with Crippen molar-refractivity contribution in [2.24, 2.45) is 11.7 Å². The van der Waals surface area contributed by atoms with E-state index in [9.17, 15) is 14.7 Å². The van der Waals surface area contributed by atoms with Crippen LogP contribution in [0.3, 0.4) is 0 Å². The Balaban J connectivity index is 0.000000190. The van der Waals surface area contributed by atoms with Gasteiger partial charge in [0.2, 0.25) is 6.41 Å². The van der Waals surface area contributed by atoms with E-state index in [0.717, 1.165) is 43.6 Å². The molecule has 41 heavy (non-hydrogen) atoms. The number of esters is 1. The summed E-state index contributed by atoms with van der Waals surface area (Å²) in [6.45, 7) is 3.32. The fourth-order valence-electron chi connectivity index (χ4n) is 8.16. The van der Waals surface area contributed by atoms with Crippen molar-refractivity contribution in [3.8, 4) is 5.75 Å². The molecule has 0 aromatic heterocycles. The van der Waals surface area contributed by atoms with E-state index in [2.05, 4.69) is 46.8 Å². The molecule has 2 aromatic carbocycles. The van der Waals surface area contributed by atoms with Crippen LogP contribution in [0.15, 0.2) is 36.4 Å². The number of aliphatic hydroxyl groups is 1. The normalized spacial score (nSPS) is 33.0. The van der Waals surface area contributed by atoms with Crippen molar-refractivity contribution in [3.63, 3.8) is 0 Å². The molecule has 4 N–H and O–H groups in total. The number of methoxy groups -OCH3 is 2. The van der Waals surface area contributed by atoms with E-state index < -0.39 is 11.6 Å². The number of primary amides is 1. The lowest BCUT2D eigenvalue weighted by Crippen LogP contribution is -2.60. The molecule has 9 heteroatoms. The van der Waals surface area contributed by atoms with Gasteiger partial charge in [-0.25, -0.2) is 4.79 Å². The number of hydrogen-bond donors (Lipinski definition) is 3. The molecular weight excluding hydrogens is 522 g/mol. The van der Waals surface area contributed by atoms with Crippen molar-refractivity contribution in [1.82, 2.24) is 10.2 Å². The summed E-state index contributed by atoms with van der Waals surface area (Å²) in [7, 11) is 5.18. The Kier molecular flexibility index (Phi) is 7.74. The number of benzene rings is 2. The highest BCUT2D eigenvalue weighted by atomic mass is 16.5. The molecule has 1 amide bonds. The molecular formula is C32H41N3O6. The number of carbonyl (C=O) groups excluding carboxylic acids is 3. The van der Waals surface area contributed by atoms with E-state index in [4.69, 9.17) is 9.53 Å². The quantitative estimate of drug-likeness (QED) is 0.278. The van der Waals surface area contributed by atoms with Crippen LogP contribution in [0.1, 0.15) is 75.9 Å². The van der Waals surface area contributed by atoms with E-state index in [1.165, 1.54) is 43.2 Å². The molecule has 2 spiro atoms. The number of nitrogens with zero attached hydrogens (tertiary/aromatic N) is 1. The zero-order valence-corrected chi connectivity index (χ0v) is 24.3. The standard InChI is InChI=1S/C22H30N2O2.C9H8O3.CH3NO/c1-13-4-7-16-17(18(13)26-3)20-10-15(23-2)8-9-22(20,25)19-21(16,12-20)24(19)11-14-5-6-14;1-12-9(11)8-4-2-7(6-10)3-5-8;2-1-3/h4,7,14-15,19,23,25H,5-6,8-12H2,1-3H3;2-6H,1H3;1H,(H2,2,3). The second-order valence-corrected chi connectivity index (χ2v) is 12.0. The van der Waals surface area contributed by atoms with Gasteiger partial charge >= 0.3 is 5.97 Å². The maximum Gasteiger partial charge on any atom is 0.337 e. The van der Waals surface area contributed by atoms with Gasteiger partial charge in [0.25, 0.3) is 0 Å². The van der Waals surface area contributed by atoms with Crippen LogP contribution in [-0.2, 0) is 20.5 Å². The molecule has 3 saturated carbocycles. The van der Waals surface area contributed by atoms with E-state index in [-0.39, 0.29) is 17.4 Å². The Morgan fingerprint density at radius 1 is 1.15 bits per heavy atom. The summed E-state index contributed by atoms with van der Waals surface area (Å²) < 4.78 is 10.4. The monoisotopic (exact) mass is 563 g/mol. The molecule has 9 nitrogen and oxygen atoms in total. The van der Waals surface area contributed by atoms with Crippen LogP contribution in [0.4, 0.5) is 0 Å². The van der Waals surface area contributed by atoms with Gasteiger partial charge in [0.1, 0.15) is 12.0 Å². The van der Waals surface area contributed by atoms with Crippen LogP contribution >= 0.6 is 0 Å². The Hall–Kier alpha value is -3.27. The number of amides is 1. The summed E-state index contributed by atoms with van der Waals surface area (Å²) in [5, 5.41) is 15.7. The minimum absolute atomic E-state index is 0.0796. The van der Waals surface area contributed by atoms with Crippen molar-refractivity contribution in [1.29, 1.82) is 0 Å². The molecule has 4 aliphatic carbocycles. The molecule has 220 valence electrons. The summed E-state index contributed by atoms with van der Waals surface area (Å²) in [5.74, 6) is 1.50. The lowest BCUT2D eigenvalue weighted by molar-refractivity contribution is -0.106. The maximum atomic E-state index is 12.1. The van der Waals surface area contributed by atoms with Crippen molar-refractivity contribution < 1.29 is 29.0 Å². The van der Waals surface area contributed by atoms with Gasteiger partial charge in [0.05, 0.1) is 37.0 Å². The first-order chi connectivity index (χ1) is 19.7. The Morgan fingerprint density at radius 3 is 2.39 bits per heavy atom. The number of likely N-dealkylation sites (tertiary alicyclic amines) is 1. The minimum Gasteiger partial charge on any atom is -0.496 e. The Morgan fingerprint density at radius 2 is 1.83 bits per heavy atom. The number of fused-ring (bicyclic) bond motifs is 2. The van der Waals surface area contributed by atoms with E-state index in [1.54, 1.807) is 31.4 Å². The van der Waals surface area contributed by atoms with Crippen LogP contribution in [-0.4, -0.2) is 74.2 Å². The van der Waals surface area contributed by atoms with Crippen molar-refractivity contribution in [3.05, 3.63) is 64.2 Å². The lowest BCUT2D eigenvalue weighted by atomic mass is 9.58. The largest absolute Gasteiger partial charge is 0.496 e. The fraction of sp³-hybridized carbons (Fsp3) is 0.531. The van der Waals surface area contributed by atoms with Crippen LogP contribution < -0.4 is 15.8 Å². The van der Waals surface area contributed by atoms with Crippen molar-refractivity contribution in [2.45, 2.75) is 74.1 Å². The second kappa shape index (κ2) is 10.9. The van der Waals surface area contributed by atoms with Gasteiger partial charge in [0.15, 0.2) is 0 Å². The molecule has 6 atom stereocenters. The molecule has 2 aromatic rings. The number of aldehydes is 1. The number of ether oxygens (including phenoxy) is 2. The first-order valence-electron chi connectivity index (χ1n) is 14.3. The number of rotatable bonds is 6. The molecule has 7 rings (SSSR count). The third-order valence-electron chi connectivity index (χ3n) is 10.1. The lowest BCUT2D eigenvalue weighted by Gasteiger charge is -2.51. The Labute approximate surface area is 241 Å². The topological polar surface area (TPSA) is 131 Å². The van der Waals surface area contributed by atoms with Crippen molar-refractivity contribution in [2.75, 3.05) is 27.8 Å². The van der Waals surface area contributed by atoms with Gasteiger partial charge in [-0.15, -0.1) is 0 Å². The number of nitrogens with two attached hydrogens (primary N) is 1. The zero-order valence-electron chi connectivity index (χ0n) is 24.3.